The maximum Gasteiger partial charge on any atom is 0.330 e. The van der Waals surface area contributed by atoms with Gasteiger partial charge in [0.1, 0.15) is 6.61 Å². The minimum atomic E-state index is -0.501. The molecule has 0 bridgehead atoms. The fraction of sp³-hybridized carbons (Fsp3) is 0.333. The van der Waals surface area contributed by atoms with Crippen LogP contribution in [-0.4, -0.2) is 36.7 Å². The third-order valence-electron chi connectivity index (χ3n) is 2.44. The van der Waals surface area contributed by atoms with Gasteiger partial charge in [0.2, 0.25) is 5.91 Å². The predicted octanol–water partition coefficient (Wildman–Crippen LogP) is 2.57. The summed E-state index contributed by atoms with van der Waals surface area (Å²) in [4.78, 5) is 20.3. The van der Waals surface area contributed by atoms with Crippen LogP contribution in [-0.2, 0) is 14.3 Å². The lowest BCUT2D eigenvalue weighted by Gasteiger charge is -1.94. The topological polar surface area (TPSA) is 75.6 Å². The molecule has 0 spiro atoms. The Bertz CT molecular complexity index is 449. The highest BCUT2D eigenvalue weighted by Crippen LogP contribution is 1.97. The Hall–Kier alpha value is -2.40. The van der Waals surface area contributed by atoms with E-state index in [1.54, 1.807) is 0 Å². The van der Waals surface area contributed by atoms with Gasteiger partial charge in [-0.25, -0.2) is 4.79 Å². The van der Waals surface area contributed by atoms with Gasteiger partial charge in [0.15, 0.2) is 0 Å². The van der Waals surface area contributed by atoms with Gasteiger partial charge >= 0.3 is 5.97 Å². The first-order valence-corrected chi connectivity index (χ1v) is 6.98. The first-order valence-electron chi connectivity index (χ1n) is 6.98. The Balaban J connectivity index is 0. The van der Waals surface area contributed by atoms with Crippen molar-refractivity contribution in [3.63, 3.8) is 0 Å². The Morgan fingerprint density at radius 1 is 1.30 bits per heavy atom. The summed E-state index contributed by atoms with van der Waals surface area (Å²) < 4.78 is 4.33. The van der Waals surface area contributed by atoms with Crippen molar-refractivity contribution in [2.24, 2.45) is 0 Å². The quantitative estimate of drug-likeness (QED) is 0.660. The molecule has 23 heavy (non-hydrogen) atoms. The third kappa shape index (κ3) is 14.3. The normalized spacial score (nSPS) is 11.3. The average Bonchev–Trinajstić information content (AvgIpc) is 3.05. The van der Waals surface area contributed by atoms with Gasteiger partial charge in [-0.05, 0) is 12.0 Å². The van der Waals surface area contributed by atoms with Crippen LogP contribution in [0.4, 0.5) is 0 Å². The minimum Gasteiger partial charge on any atom is -0.460 e. The molecule has 2 rings (SSSR count). The number of rotatable bonds is 4. The van der Waals surface area contributed by atoms with Crippen molar-refractivity contribution < 1.29 is 19.4 Å². The highest BCUT2D eigenvalue weighted by Gasteiger charge is 2.05. The number of carbonyl (C=O) groups is 2. The van der Waals surface area contributed by atoms with Crippen molar-refractivity contribution in [3.8, 4) is 0 Å². The summed E-state index contributed by atoms with van der Waals surface area (Å²) in [5, 5.41) is 10.8. The number of benzene rings is 1. The van der Waals surface area contributed by atoms with Crippen LogP contribution in [0.5, 0.6) is 0 Å². The van der Waals surface area contributed by atoms with Crippen molar-refractivity contribution >= 4 is 18.0 Å². The summed E-state index contributed by atoms with van der Waals surface area (Å²) in [6.45, 7) is 7.58. The SMILES string of the molecule is C.C=CC(=O)OCCO.C=Cc1ccccc1.O=C1CCCN1. The monoisotopic (exact) mass is 321 g/mol. The molecule has 1 fully saturated rings. The van der Waals surface area contributed by atoms with Crippen molar-refractivity contribution in [3.05, 3.63) is 55.1 Å². The van der Waals surface area contributed by atoms with Crippen LogP contribution in [0.1, 0.15) is 25.8 Å². The Morgan fingerprint density at radius 3 is 2.26 bits per heavy atom. The van der Waals surface area contributed by atoms with Crippen LogP contribution in [0.25, 0.3) is 6.08 Å². The number of carbonyl (C=O) groups excluding carboxylic acids is 2. The second kappa shape index (κ2) is 16.0. The number of amides is 1. The standard InChI is InChI=1S/C8H8.C5H8O3.C4H7NO.CH4/c1-2-8-6-4-3-5-7-8;1-2-5(7)8-4-3-6;6-4-2-1-3-5-4;/h2-7H,1H2;2,6H,1,3-4H2;1-3H2,(H,5,6);1H4. The van der Waals surface area contributed by atoms with E-state index < -0.39 is 5.97 Å². The van der Waals surface area contributed by atoms with E-state index in [0.717, 1.165) is 25.5 Å². The Morgan fingerprint density at radius 2 is 1.96 bits per heavy atom. The second-order valence-electron chi connectivity index (χ2n) is 4.16. The van der Waals surface area contributed by atoms with Crippen molar-refractivity contribution in [1.82, 2.24) is 5.32 Å². The Labute approximate surface area is 138 Å². The molecule has 128 valence electrons. The molecule has 5 heteroatoms. The largest absolute Gasteiger partial charge is 0.460 e. The van der Waals surface area contributed by atoms with E-state index in [0.29, 0.717) is 0 Å². The van der Waals surface area contributed by atoms with Gasteiger partial charge in [-0.15, -0.1) is 0 Å². The molecule has 1 heterocycles. The highest BCUT2D eigenvalue weighted by atomic mass is 16.5. The van der Waals surface area contributed by atoms with Gasteiger partial charge in [0.25, 0.3) is 0 Å². The summed E-state index contributed by atoms with van der Waals surface area (Å²) >= 11 is 0. The molecular weight excluding hydrogens is 294 g/mol. The maximum atomic E-state index is 10.1. The summed E-state index contributed by atoms with van der Waals surface area (Å²) in [5.41, 5.74) is 1.17. The number of nitrogens with one attached hydrogen (secondary N) is 1. The van der Waals surface area contributed by atoms with Gasteiger partial charge in [-0.2, -0.15) is 0 Å². The number of ether oxygens (including phenoxy) is 1. The van der Waals surface area contributed by atoms with Gasteiger partial charge in [0, 0.05) is 19.0 Å². The summed E-state index contributed by atoms with van der Waals surface area (Å²) in [6, 6.07) is 10.0. The lowest BCUT2D eigenvalue weighted by atomic mass is 10.2. The Kier molecular flexibility index (Phi) is 15.9. The molecule has 1 aromatic rings. The summed E-state index contributed by atoms with van der Waals surface area (Å²) in [5.74, 6) is -0.297. The molecule has 1 amide bonds. The van der Waals surface area contributed by atoms with Crippen LogP contribution in [0.3, 0.4) is 0 Å². The molecule has 0 radical (unpaired) electrons. The zero-order chi connectivity index (χ0) is 16.6. The molecule has 0 unspecified atom stereocenters. The molecule has 1 aliphatic rings. The number of hydrogen-bond donors (Lipinski definition) is 2. The second-order valence-corrected chi connectivity index (χ2v) is 4.16. The smallest absolute Gasteiger partial charge is 0.330 e. The molecule has 1 aliphatic heterocycles. The van der Waals surface area contributed by atoms with Gasteiger partial charge in [-0.1, -0.05) is 57.0 Å². The van der Waals surface area contributed by atoms with Gasteiger partial charge < -0.3 is 15.2 Å². The molecule has 5 nitrogen and oxygen atoms in total. The first-order chi connectivity index (χ1) is 10.6. The maximum absolute atomic E-state index is 10.1. The van der Waals surface area contributed by atoms with Crippen molar-refractivity contribution in [1.29, 1.82) is 0 Å². The van der Waals surface area contributed by atoms with Crippen molar-refractivity contribution in [2.45, 2.75) is 20.3 Å². The van der Waals surface area contributed by atoms with Crippen LogP contribution in [0.2, 0.25) is 0 Å². The van der Waals surface area contributed by atoms with E-state index >= 15 is 0 Å². The van der Waals surface area contributed by atoms with Crippen molar-refractivity contribution in [2.75, 3.05) is 19.8 Å². The van der Waals surface area contributed by atoms with Crippen LogP contribution in [0, 0.1) is 0 Å². The van der Waals surface area contributed by atoms with Gasteiger partial charge in [0.05, 0.1) is 6.61 Å². The molecule has 0 atom stereocenters. The number of aliphatic hydroxyl groups excluding tert-OH is 1. The van der Waals surface area contributed by atoms with E-state index in [-0.39, 0.29) is 26.5 Å². The van der Waals surface area contributed by atoms with E-state index in [2.05, 4.69) is 23.2 Å². The summed E-state index contributed by atoms with van der Waals surface area (Å²) in [7, 11) is 0. The third-order valence-corrected chi connectivity index (χ3v) is 2.44. The minimum absolute atomic E-state index is 0. The highest BCUT2D eigenvalue weighted by molar-refractivity contribution is 5.81. The van der Waals surface area contributed by atoms with E-state index in [9.17, 15) is 9.59 Å². The average molecular weight is 321 g/mol. The first kappa shape index (κ1) is 22.9. The fourth-order valence-corrected chi connectivity index (χ4v) is 1.36. The predicted molar refractivity (Wildman–Crippen MR) is 93.7 cm³/mol. The lowest BCUT2D eigenvalue weighted by Crippen LogP contribution is -2.12. The van der Waals surface area contributed by atoms with E-state index in [4.69, 9.17) is 5.11 Å². The molecule has 0 aliphatic carbocycles. The van der Waals surface area contributed by atoms with Gasteiger partial charge in [-0.3, -0.25) is 4.79 Å². The lowest BCUT2D eigenvalue weighted by molar-refractivity contribution is -0.138. The van der Waals surface area contributed by atoms with Crippen LogP contribution in [0.15, 0.2) is 49.6 Å². The van der Waals surface area contributed by atoms with E-state index in [1.807, 2.05) is 36.4 Å². The molecule has 0 aromatic heterocycles. The van der Waals surface area contributed by atoms with Crippen LogP contribution < -0.4 is 5.32 Å². The number of aliphatic hydroxyl groups is 1. The summed E-state index contributed by atoms with van der Waals surface area (Å²) in [6.07, 6.45) is 4.65. The molecule has 2 N–H and O–H groups in total. The molecule has 1 saturated heterocycles. The zero-order valence-electron chi connectivity index (χ0n) is 12.7. The van der Waals surface area contributed by atoms with Crippen LogP contribution >= 0.6 is 0 Å². The van der Waals surface area contributed by atoms with E-state index in [1.165, 1.54) is 5.56 Å². The fourth-order valence-electron chi connectivity index (χ4n) is 1.36. The number of hydrogen-bond acceptors (Lipinski definition) is 4. The zero-order valence-corrected chi connectivity index (χ0v) is 12.7. The molecule has 1 aromatic carbocycles. The molecule has 0 saturated carbocycles. The number of esters is 1. The molecular formula is C18H27NO4.